The number of hydrogen-bond donors (Lipinski definition) is 2. The van der Waals surface area contributed by atoms with Crippen molar-refractivity contribution in [2.75, 3.05) is 6.79 Å². The van der Waals surface area contributed by atoms with Crippen LogP contribution >= 0.6 is 0 Å². The molecule has 11 nitrogen and oxygen atoms in total. The number of non-ortho nitro benzene ring substituents is 1. The molecule has 2 N–H and O–H groups in total. The van der Waals surface area contributed by atoms with Gasteiger partial charge in [-0.15, -0.1) is 0 Å². The molecule has 0 radical (unpaired) electrons. The fraction of sp³-hybridized carbons (Fsp3) is 0.107. The molecule has 0 bridgehead atoms. The van der Waals surface area contributed by atoms with Crippen molar-refractivity contribution in [1.29, 1.82) is 0 Å². The lowest BCUT2D eigenvalue weighted by Gasteiger charge is -2.17. The SMILES string of the molecule is Cc1cc([N+](=O)[O-])ccc1-c1ccc(/C=N\NC(=O)[C@@H](NC(=O)c2ccc3c(c2)OCO3)c2ccccc2)o1. The summed E-state index contributed by atoms with van der Waals surface area (Å²) < 4.78 is 16.4. The molecule has 1 aliphatic rings. The number of furan rings is 1. The first-order valence-electron chi connectivity index (χ1n) is 11.8. The van der Waals surface area contributed by atoms with Crippen molar-refractivity contribution in [2.24, 2.45) is 5.10 Å². The lowest BCUT2D eigenvalue weighted by Crippen LogP contribution is -2.38. The fourth-order valence-electron chi connectivity index (χ4n) is 4.03. The summed E-state index contributed by atoms with van der Waals surface area (Å²) in [6, 6.07) is 20.3. The molecule has 196 valence electrons. The summed E-state index contributed by atoms with van der Waals surface area (Å²) in [5, 5.41) is 17.7. The van der Waals surface area contributed by atoms with E-state index in [0.29, 0.717) is 45.3 Å². The normalized spacial score (nSPS) is 12.7. The van der Waals surface area contributed by atoms with Gasteiger partial charge >= 0.3 is 0 Å². The van der Waals surface area contributed by atoms with E-state index in [1.165, 1.54) is 18.3 Å². The number of ether oxygens (including phenoxy) is 2. The minimum Gasteiger partial charge on any atom is -0.455 e. The van der Waals surface area contributed by atoms with E-state index < -0.39 is 22.8 Å². The van der Waals surface area contributed by atoms with E-state index in [9.17, 15) is 19.7 Å². The highest BCUT2D eigenvalue weighted by molar-refractivity contribution is 5.98. The van der Waals surface area contributed by atoms with Gasteiger partial charge in [-0.2, -0.15) is 5.10 Å². The Morgan fingerprint density at radius 1 is 1.00 bits per heavy atom. The highest BCUT2D eigenvalue weighted by Crippen LogP contribution is 2.32. The third kappa shape index (κ3) is 5.62. The van der Waals surface area contributed by atoms with Gasteiger partial charge in [0.2, 0.25) is 6.79 Å². The molecule has 5 rings (SSSR count). The topological polar surface area (TPSA) is 145 Å². The Bertz CT molecular complexity index is 1580. The number of carbonyl (C=O) groups excluding carboxylic acids is 2. The van der Waals surface area contributed by atoms with Gasteiger partial charge in [-0.05, 0) is 54.4 Å². The van der Waals surface area contributed by atoms with Crippen LogP contribution < -0.4 is 20.2 Å². The molecule has 0 aliphatic carbocycles. The average molecular weight is 527 g/mol. The van der Waals surface area contributed by atoms with Crippen molar-refractivity contribution in [3.8, 4) is 22.8 Å². The number of benzene rings is 3. The van der Waals surface area contributed by atoms with E-state index in [4.69, 9.17) is 13.9 Å². The number of hydrazone groups is 1. The molecule has 3 aromatic carbocycles. The molecule has 0 saturated carbocycles. The number of nitro groups is 1. The van der Waals surface area contributed by atoms with Gasteiger partial charge in [-0.1, -0.05) is 30.3 Å². The molecule has 1 atom stereocenters. The smallest absolute Gasteiger partial charge is 0.269 e. The predicted octanol–water partition coefficient (Wildman–Crippen LogP) is 4.51. The number of nitrogens with zero attached hydrogens (tertiary/aromatic N) is 2. The van der Waals surface area contributed by atoms with E-state index in [2.05, 4.69) is 15.8 Å². The summed E-state index contributed by atoms with van der Waals surface area (Å²) in [4.78, 5) is 36.6. The van der Waals surface area contributed by atoms with Crippen LogP contribution in [0.3, 0.4) is 0 Å². The van der Waals surface area contributed by atoms with Crippen LogP contribution in [-0.4, -0.2) is 29.7 Å². The summed E-state index contributed by atoms with van der Waals surface area (Å²) in [5.41, 5.74) is 4.68. The number of hydrogen-bond acceptors (Lipinski definition) is 8. The highest BCUT2D eigenvalue weighted by atomic mass is 16.7. The summed E-state index contributed by atoms with van der Waals surface area (Å²) in [6.45, 7) is 1.83. The highest BCUT2D eigenvalue weighted by Gasteiger charge is 2.24. The maximum atomic E-state index is 13.1. The molecular formula is C28H22N4O7. The molecule has 1 aliphatic heterocycles. The Morgan fingerprint density at radius 3 is 2.56 bits per heavy atom. The van der Waals surface area contributed by atoms with Gasteiger partial charge in [0, 0.05) is 23.3 Å². The predicted molar refractivity (Wildman–Crippen MR) is 140 cm³/mol. The molecule has 11 heteroatoms. The van der Waals surface area contributed by atoms with E-state index in [-0.39, 0.29) is 12.5 Å². The monoisotopic (exact) mass is 526 g/mol. The Labute approximate surface area is 222 Å². The third-order valence-corrected chi connectivity index (χ3v) is 5.98. The maximum Gasteiger partial charge on any atom is 0.269 e. The zero-order valence-electron chi connectivity index (χ0n) is 20.6. The second-order valence-corrected chi connectivity index (χ2v) is 8.58. The fourth-order valence-corrected chi connectivity index (χ4v) is 4.03. The van der Waals surface area contributed by atoms with Gasteiger partial charge in [-0.3, -0.25) is 19.7 Å². The van der Waals surface area contributed by atoms with Gasteiger partial charge in [0.25, 0.3) is 17.5 Å². The minimum atomic E-state index is -1.03. The zero-order valence-corrected chi connectivity index (χ0v) is 20.6. The molecule has 0 saturated heterocycles. The summed E-state index contributed by atoms with van der Waals surface area (Å²) in [7, 11) is 0. The third-order valence-electron chi connectivity index (χ3n) is 5.98. The Morgan fingerprint density at radius 2 is 1.79 bits per heavy atom. The molecular weight excluding hydrogens is 504 g/mol. The molecule has 0 unspecified atom stereocenters. The van der Waals surface area contributed by atoms with Crippen LogP contribution in [0.15, 0.2) is 88.4 Å². The second kappa shape index (κ2) is 10.9. The summed E-state index contributed by atoms with van der Waals surface area (Å²) in [5.74, 6) is 0.801. The first-order chi connectivity index (χ1) is 18.9. The van der Waals surface area contributed by atoms with Crippen LogP contribution in [0.1, 0.15) is 33.3 Å². The Kier molecular flexibility index (Phi) is 7.04. The number of nitrogens with one attached hydrogen (secondary N) is 2. The number of fused-ring (bicyclic) bond motifs is 1. The van der Waals surface area contributed by atoms with Crippen molar-refractivity contribution < 1.29 is 28.4 Å². The molecule has 1 aromatic heterocycles. The van der Waals surface area contributed by atoms with E-state index >= 15 is 0 Å². The first kappa shape index (κ1) is 25.2. The lowest BCUT2D eigenvalue weighted by atomic mass is 10.1. The zero-order chi connectivity index (χ0) is 27.4. The lowest BCUT2D eigenvalue weighted by molar-refractivity contribution is -0.384. The van der Waals surface area contributed by atoms with Gasteiger partial charge in [0.05, 0.1) is 11.1 Å². The van der Waals surface area contributed by atoms with Crippen LogP contribution in [0, 0.1) is 17.0 Å². The van der Waals surface area contributed by atoms with Crippen molar-refractivity contribution >= 4 is 23.7 Å². The summed E-state index contributed by atoms with van der Waals surface area (Å²) in [6.07, 6.45) is 1.32. The largest absolute Gasteiger partial charge is 0.455 e. The van der Waals surface area contributed by atoms with Crippen molar-refractivity contribution in [3.63, 3.8) is 0 Å². The maximum absolute atomic E-state index is 13.1. The van der Waals surface area contributed by atoms with Crippen molar-refractivity contribution in [3.05, 3.63) is 111 Å². The number of rotatable bonds is 8. The van der Waals surface area contributed by atoms with Crippen LogP contribution in [-0.2, 0) is 4.79 Å². The van der Waals surface area contributed by atoms with Gasteiger partial charge in [-0.25, -0.2) is 5.43 Å². The number of aryl methyl sites for hydroxylation is 1. The van der Waals surface area contributed by atoms with Crippen LogP contribution in [0.25, 0.3) is 11.3 Å². The van der Waals surface area contributed by atoms with Gasteiger partial charge < -0.3 is 19.2 Å². The molecule has 4 aromatic rings. The van der Waals surface area contributed by atoms with E-state index in [0.717, 1.165) is 0 Å². The molecule has 2 amide bonds. The molecule has 0 spiro atoms. The first-order valence-corrected chi connectivity index (χ1v) is 11.8. The van der Waals surface area contributed by atoms with E-state index in [1.54, 1.807) is 73.7 Å². The van der Waals surface area contributed by atoms with Crippen LogP contribution in [0.5, 0.6) is 11.5 Å². The number of amides is 2. The average Bonchev–Trinajstić information content (AvgIpc) is 3.61. The number of carbonyl (C=O) groups is 2. The van der Waals surface area contributed by atoms with Crippen molar-refractivity contribution in [1.82, 2.24) is 10.7 Å². The Balaban J connectivity index is 1.28. The number of nitro benzene ring substituents is 1. The van der Waals surface area contributed by atoms with Gasteiger partial charge in [0.1, 0.15) is 17.6 Å². The van der Waals surface area contributed by atoms with Gasteiger partial charge in [0.15, 0.2) is 11.5 Å². The molecule has 2 heterocycles. The van der Waals surface area contributed by atoms with Crippen molar-refractivity contribution in [2.45, 2.75) is 13.0 Å². The quantitative estimate of drug-likeness (QED) is 0.195. The molecule has 39 heavy (non-hydrogen) atoms. The van der Waals surface area contributed by atoms with E-state index in [1.807, 2.05) is 0 Å². The van der Waals surface area contributed by atoms with Crippen LogP contribution in [0.2, 0.25) is 0 Å². The summed E-state index contributed by atoms with van der Waals surface area (Å²) >= 11 is 0. The molecule has 0 fully saturated rings. The Hall–Kier alpha value is -5.45. The standard InChI is InChI=1S/C28H22N4O7/c1-17-13-20(32(35)36)8-10-22(17)23-12-9-21(39-23)15-29-31-28(34)26(18-5-3-2-4-6-18)30-27(33)19-7-11-24-25(14-19)38-16-37-24/h2-15,26H,16H2,1H3,(H,30,33)(H,31,34)/b29-15-/t26-/m0/s1. The minimum absolute atomic E-state index is 0.00844. The van der Waals surface area contributed by atoms with Crippen LogP contribution in [0.4, 0.5) is 5.69 Å². The second-order valence-electron chi connectivity index (χ2n) is 8.58.